The average molecular weight is 353 g/mol. The highest BCUT2D eigenvalue weighted by molar-refractivity contribution is 9.10. The first kappa shape index (κ1) is 15.2. The Bertz CT molecular complexity index is 711. The van der Waals surface area contributed by atoms with Crippen LogP contribution in [0, 0.1) is 17.0 Å². The van der Waals surface area contributed by atoms with E-state index in [2.05, 4.69) is 26.3 Å². The monoisotopic (exact) mass is 352 g/mol. The molecule has 0 fully saturated rings. The van der Waals surface area contributed by atoms with Crippen LogP contribution in [-0.2, 0) is 6.54 Å². The lowest BCUT2D eigenvalue weighted by atomic mass is 10.2. The predicted molar refractivity (Wildman–Crippen MR) is 81.4 cm³/mol. The van der Waals surface area contributed by atoms with E-state index in [1.807, 2.05) is 6.92 Å². The first-order chi connectivity index (χ1) is 9.93. The van der Waals surface area contributed by atoms with Gasteiger partial charge in [-0.2, -0.15) is 5.10 Å². The van der Waals surface area contributed by atoms with Crippen molar-refractivity contribution in [2.24, 2.45) is 0 Å². The van der Waals surface area contributed by atoms with Gasteiger partial charge < -0.3 is 5.32 Å². The third kappa shape index (κ3) is 3.10. The third-order valence-corrected chi connectivity index (χ3v) is 3.49. The normalized spacial score (nSPS) is 10.4. The molecule has 0 aliphatic carbocycles. The summed E-state index contributed by atoms with van der Waals surface area (Å²) in [5.74, 6) is -0.451. The number of carbonyl (C=O) groups is 1. The van der Waals surface area contributed by atoms with Crippen molar-refractivity contribution in [1.82, 2.24) is 9.78 Å². The van der Waals surface area contributed by atoms with E-state index in [1.54, 1.807) is 13.0 Å². The van der Waals surface area contributed by atoms with Crippen LogP contribution in [0.4, 0.5) is 11.4 Å². The first-order valence-electron chi connectivity index (χ1n) is 6.21. The van der Waals surface area contributed by atoms with E-state index < -0.39 is 10.8 Å². The number of nitro groups is 1. The first-order valence-corrected chi connectivity index (χ1v) is 7.01. The van der Waals surface area contributed by atoms with Gasteiger partial charge in [0.1, 0.15) is 11.4 Å². The summed E-state index contributed by atoms with van der Waals surface area (Å²) in [6.07, 6.45) is 1.52. The van der Waals surface area contributed by atoms with Crippen molar-refractivity contribution in [3.05, 3.63) is 50.2 Å². The van der Waals surface area contributed by atoms with Gasteiger partial charge in [-0.15, -0.1) is 0 Å². The molecule has 8 heteroatoms. The second-order valence-corrected chi connectivity index (χ2v) is 5.24. The molecule has 0 spiro atoms. The number of nitrogens with one attached hydrogen (secondary N) is 1. The van der Waals surface area contributed by atoms with Crippen molar-refractivity contribution in [3.63, 3.8) is 0 Å². The molecule has 0 saturated carbocycles. The fourth-order valence-electron chi connectivity index (χ4n) is 1.91. The lowest BCUT2D eigenvalue weighted by molar-refractivity contribution is -0.384. The van der Waals surface area contributed by atoms with E-state index in [1.165, 1.54) is 23.0 Å². The highest BCUT2D eigenvalue weighted by Gasteiger charge is 2.21. The molecule has 2 aromatic rings. The topological polar surface area (TPSA) is 90.1 Å². The summed E-state index contributed by atoms with van der Waals surface area (Å²) in [5.41, 5.74) is 1.10. The second-order valence-electron chi connectivity index (χ2n) is 4.39. The maximum Gasteiger partial charge on any atom is 0.293 e. The molecule has 21 heavy (non-hydrogen) atoms. The van der Waals surface area contributed by atoms with Crippen LogP contribution >= 0.6 is 15.9 Å². The van der Waals surface area contributed by atoms with Gasteiger partial charge in [0, 0.05) is 12.6 Å². The fraction of sp³-hybridized carbons (Fsp3) is 0.231. The van der Waals surface area contributed by atoms with Crippen LogP contribution in [-0.4, -0.2) is 20.6 Å². The molecule has 0 radical (unpaired) electrons. The van der Waals surface area contributed by atoms with Gasteiger partial charge >= 0.3 is 0 Å². The average Bonchev–Trinajstić information content (AvgIpc) is 2.81. The van der Waals surface area contributed by atoms with E-state index in [-0.39, 0.29) is 11.4 Å². The number of rotatable bonds is 4. The summed E-state index contributed by atoms with van der Waals surface area (Å²) >= 11 is 3.25. The summed E-state index contributed by atoms with van der Waals surface area (Å²) < 4.78 is 2.05. The molecule has 0 atom stereocenters. The van der Waals surface area contributed by atoms with Crippen LogP contribution in [0.5, 0.6) is 0 Å². The van der Waals surface area contributed by atoms with E-state index in [9.17, 15) is 14.9 Å². The molecule has 1 N–H and O–H groups in total. The van der Waals surface area contributed by atoms with Gasteiger partial charge in [0.2, 0.25) is 0 Å². The molecule has 0 aliphatic heterocycles. The van der Waals surface area contributed by atoms with Crippen molar-refractivity contribution < 1.29 is 9.72 Å². The minimum Gasteiger partial charge on any atom is -0.315 e. The lowest BCUT2D eigenvalue weighted by Gasteiger charge is -2.08. The minimum atomic E-state index is -0.519. The molecule has 0 aliphatic rings. The van der Waals surface area contributed by atoms with Crippen LogP contribution in [0.25, 0.3) is 0 Å². The van der Waals surface area contributed by atoms with E-state index in [0.29, 0.717) is 16.7 Å². The molecular formula is C13H13BrN4O3. The Morgan fingerprint density at radius 1 is 1.52 bits per heavy atom. The summed E-state index contributed by atoms with van der Waals surface area (Å²) in [6, 6.07) is 4.64. The second kappa shape index (κ2) is 6.04. The van der Waals surface area contributed by atoms with Crippen LogP contribution in [0.15, 0.2) is 28.9 Å². The minimum absolute atomic E-state index is 0.137. The number of aryl methyl sites for hydroxylation is 2. The van der Waals surface area contributed by atoms with Crippen LogP contribution in [0.3, 0.4) is 0 Å². The number of carbonyl (C=O) groups excluding carboxylic acids is 1. The molecule has 0 saturated heterocycles. The van der Waals surface area contributed by atoms with Crippen LogP contribution in [0.1, 0.15) is 23.0 Å². The maximum absolute atomic E-state index is 12.3. The lowest BCUT2D eigenvalue weighted by Crippen LogP contribution is -2.18. The van der Waals surface area contributed by atoms with E-state index in [4.69, 9.17) is 0 Å². The Kier molecular flexibility index (Phi) is 4.37. The number of anilines is 1. The van der Waals surface area contributed by atoms with Gasteiger partial charge in [-0.25, -0.2) is 0 Å². The van der Waals surface area contributed by atoms with Crippen LogP contribution < -0.4 is 5.32 Å². The molecule has 1 amide bonds. The number of nitrogens with zero attached hydrogens (tertiary/aromatic N) is 3. The quantitative estimate of drug-likeness (QED) is 0.675. The summed E-state index contributed by atoms with van der Waals surface area (Å²) in [6.45, 7) is 4.12. The van der Waals surface area contributed by atoms with Crippen molar-refractivity contribution in [2.75, 3.05) is 5.32 Å². The van der Waals surface area contributed by atoms with E-state index in [0.717, 1.165) is 5.56 Å². The van der Waals surface area contributed by atoms with Crippen molar-refractivity contribution in [3.8, 4) is 0 Å². The zero-order valence-corrected chi connectivity index (χ0v) is 13.0. The van der Waals surface area contributed by atoms with Gasteiger partial charge in [0.15, 0.2) is 0 Å². The van der Waals surface area contributed by atoms with E-state index >= 15 is 0 Å². The van der Waals surface area contributed by atoms with Crippen molar-refractivity contribution in [2.45, 2.75) is 20.4 Å². The van der Waals surface area contributed by atoms with Gasteiger partial charge in [0.25, 0.3) is 11.6 Å². The Morgan fingerprint density at radius 2 is 2.24 bits per heavy atom. The smallest absolute Gasteiger partial charge is 0.293 e. The molecule has 110 valence electrons. The molecule has 1 aromatic carbocycles. The number of benzene rings is 1. The standard InChI is InChI=1S/C13H13BrN4O3/c1-3-17-12(9(14)7-15-17)13(19)16-10-5-4-8(2)6-11(10)18(20)21/h4-7H,3H2,1-2H3,(H,16,19). The molecule has 7 nitrogen and oxygen atoms in total. The zero-order chi connectivity index (χ0) is 15.6. The molecule has 1 aromatic heterocycles. The Labute approximate surface area is 129 Å². The SMILES string of the molecule is CCn1ncc(Br)c1C(=O)Nc1ccc(C)cc1[N+](=O)[O-]. The highest BCUT2D eigenvalue weighted by Crippen LogP contribution is 2.26. The van der Waals surface area contributed by atoms with Crippen molar-refractivity contribution >= 4 is 33.2 Å². The van der Waals surface area contributed by atoms with Gasteiger partial charge in [-0.1, -0.05) is 6.07 Å². The molecule has 1 heterocycles. The number of halogens is 1. The number of hydrogen-bond acceptors (Lipinski definition) is 4. The molecular weight excluding hydrogens is 340 g/mol. The Hall–Kier alpha value is -2.22. The molecule has 0 unspecified atom stereocenters. The Balaban J connectivity index is 2.36. The summed E-state index contributed by atoms with van der Waals surface area (Å²) in [4.78, 5) is 22.9. The zero-order valence-electron chi connectivity index (χ0n) is 11.5. The molecule has 2 rings (SSSR count). The predicted octanol–water partition coefficient (Wildman–Crippen LogP) is 3.13. The van der Waals surface area contributed by atoms with Crippen LogP contribution in [0.2, 0.25) is 0 Å². The van der Waals surface area contributed by atoms with Gasteiger partial charge in [-0.05, 0) is 41.4 Å². The third-order valence-electron chi connectivity index (χ3n) is 2.91. The van der Waals surface area contributed by atoms with Crippen molar-refractivity contribution in [1.29, 1.82) is 0 Å². The number of aromatic nitrogens is 2. The fourth-order valence-corrected chi connectivity index (χ4v) is 2.38. The number of amides is 1. The summed E-state index contributed by atoms with van der Waals surface area (Å²) in [5, 5.41) is 17.7. The molecule has 0 bridgehead atoms. The number of hydrogen-bond donors (Lipinski definition) is 1. The maximum atomic E-state index is 12.3. The van der Waals surface area contributed by atoms with Gasteiger partial charge in [-0.3, -0.25) is 19.6 Å². The Morgan fingerprint density at radius 3 is 2.86 bits per heavy atom. The summed E-state index contributed by atoms with van der Waals surface area (Å²) in [7, 11) is 0. The highest BCUT2D eigenvalue weighted by atomic mass is 79.9. The largest absolute Gasteiger partial charge is 0.315 e. The number of nitro benzene ring substituents is 1. The van der Waals surface area contributed by atoms with Gasteiger partial charge in [0.05, 0.1) is 15.6 Å².